The smallest absolute Gasteiger partial charge is 0.281 e. The van der Waals surface area contributed by atoms with Crippen molar-refractivity contribution in [2.45, 2.75) is 66.8 Å². The van der Waals surface area contributed by atoms with E-state index in [0.29, 0.717) is 11.9 Å². The summed E-state index contributed by atoms with van der Waals surface area (Å²) in [6.07, 6.45) is 3.18. The second-order valence-corrected chi connectivity index (χ2v) is 7.57. The van der Waals surface area contributed by atoms with E-state index in [1.54, 1.807) is 0 Å². The molecule has 0 fully saturated rings. The zero-order valence-corrected chi connectivity index (χ0v) is 19.1. The topological polar surface area (TPSA) is 83.0 Å². The van der Waals surface area contributed by atoms with Crippen LogP contribution in [0.5, 0.6) is 0 Å². The zero-order chi connectivity index (χ0) is 20.7. The first kappa shape index (κ1) is 25.7. The fourth-order valence-electron chi connectivity index (χ4n) is 2.02. The number of hydrogen-bond acceptors (Lipinski definition) is 7. The molecule has 0 saturated carbocycles. The molecule has 156 valence electrons. The van der Waals surface area contributed by atoms with E-state index in [4.69, 9.17) is 11.6 Å². The van der Waals surface area contributed by atoms with Crippen LogP contribution in [0.2, 0.25) is 5.28 Å². The van der Waals surface area contributed by atoms with Crippen LogP contribution in [-0.2, 0) is 0 Å². The molecule has 1 heterocycles. The predicted molar refractivity (Wildman–Crippen MR) is 118 cm³/mol. The number of nitrogens with zero attached hydrogens (tertiary/aromatic N) is 4. The lowest BCUT2D eigenvalue weighted by Crippen LogP contribution is -2.29. The molecule has 1 amide bonds. The maximum absolute atomic E-state index is 11.6. The third-order valence-electron chi connectivity index (χ3n) is 3.04. The Morgan fingerprint density at radius 1 is 1.04 bits per heavy atom. The third-order valence-corrected chi connectivity index (χ3v) is 4.32. The van der Waals surface area contributed by atoms with Crippen LogP contribution in [0.3, 0.4) is 0 Å². The fourth-order valence-corrected chi connectivity index (χ4v) is 2.93. The molecule has 0 unspecified atom stereocenters. The summed E-state index contributed by atoms with van der Waals surface area (Å²) < 4.78 is 0. The lowest BCUT2D eigenvalue weighted by atomic mass is 10.4. The van der Waals surface area contributed by atoms with Gasteiger partial charge >= 0.3 is 0 Å². The largest absolute Gasteiger partial charge is 0.354 e. The average Bonchev–Trinajstić information content (AvgIpc) is 2.59. The Morgan fingerprint density at radius 3 is 2.11 bits per heavy atom. The molecule has 0 radical (unpaired) electrons. The summed E-state index contributed by atoms with van der Waals surface area (Å²) in [5.41, 5.74) is 0. The van der Waals surface area contributed by atoms with Crippen molar-refractivity contribution in [2.24, 2.45) is 0 Å². The molecule has 9 heteroatoms. The van der Waals surface area contributed by atoms with Gasteiger partial charge in [0.15, 0.2) is 0 Å². The molecule has 0 aliphatic carbocycles. The van der Waals surface area contributed by atoms with Crippen molar-refractivity contribution in [1.29, 1.82) is 0 Å². The number of carbonyl (C=O) groups is 1. The van der Waals surface area contributed by atoms with E-state index < -0.39 is 0 Å². The minimum absolute atomic E-state index is 0.194. The first-order chi connectivity index (χ1) is 12.9. The zero-order valence-electron chi connectivity index (χ0n) is 17.5. The van der Waals surface area contributed by atoms with Crippen molar-refractivity contribution in [3.05, 3.63) is 5.28 Å². The molecule has 0 bridgehead atoms. The molecule has 0 aromatic carbocycles. The molecular formula is C18H35ClN6OS. The quantitative estimate of drug-likeness (QED) is 0.543. The summed E-state index contributed by atoms with van der Waals surface area (Å²) in [5, 5.41) is 6.48. The summed E-state index contributed by atoms with van der Waals surface area (Å²) in [6.45, 7) is 14.9. The van der Waals surface area contributed by atoms with E-state index in [1.165, 1.54) is 11.8 Å². The van der Waals surface area contributed by atoms with Gasteiger partial charge in [0.2, 0.25) is 17.2 Å². The standard InChI is InChI=1S/C10H21NOS.C8H14ClN5/c1-4-7-11(8-5-2)10(12)13-9-6-3;1-4-10-7-12-6(9)13-8(14-7)11-5(2)3/h4-9H2,1-3H3;5H,4H2,1-3H3,(H2,10,11,12,13,14). The highest BCUT2D eigenvalue weighted by molar-refractivity contribution is 8.13. The van der Waals surface area contributed by atoms with Gasteiger partial charge in [0.05, 0.1) is 0 Å². The van der Waals surface area contributed by atoms with Gasteiger partial charge < -0.3 is 15.5 Å². The minimum Gasteiger partial charge on any atom is -0.354 e. The second kappa shape index (κ2) is 15.7. The Labute approximate surface area is 173 Å². The molecule has 0 aliphatic heterocycles. The van der Waals surface area contributed by atoms with Gasteiger partial charge in [-0.1, -0.05) is 32.5 Å². The Balaban J connectivity index is 0.000000503. The molecule has 7 nitrogen and oxygen atoms in total. The monoisotopic (exact) mass is 418 g/mol. The molecule has 1 aromatic heterocycles. The van der Waals surface area contributed by atoms with Gasteiger partial charge in [-0.25, -0.2) is 0 Å². The highest BCUT2D eigenvalue weighted by Gasteiger charge is 2.10. The minimum atomic E-state index is 0.194. The fraction of sp³-hybridized carbons (Fsp3) is 0.778. The molecule has 1 rings (SSSR count). The number of rotatable bonds is 10. The van der Waals surface area contributed by atoms with E-state index in [-0.39, 0.29) is 16.6 Å². The van der Waals surface area contributed by atoms with Crippen LogP contribution in [0, 0.1) is 0 Å². The van der Waals surface area contributed by atoms with Gasteiger partial charge in [0.1, 0.15) is 0 Å². The summed E-state index contributed by atoms with van der Waals surface area (Å²) in [5.74, 6) is 1.94. The van der Waals surface area contributed by atoms with Crippen molar-refractivity contribution in [2.75, 3.05) is 36.0 Å². The van der Waals surface area contributed by atoms with Crippen LogP contribution < -0.4 is 10.6 Å². The molecule has 27 heavy (non-hydrogen) atoms. The number of amides is 1. The molecule has 0 spiro atoms. The first-order valence-electron chi connectivity index (χ1n) is 9.71. The van der Waals surface area contributed by atoms with Crippen LogP contribution >= 0.6 is 23.4 Å². The highest BCUT2D eigenvalue weighted by Crippen LogP contribution is 2.11. The summed E-state index contributed by atoms with van der Waals surface area (Å²) in [6, 6.07) is 0.267. The molecule has 1 aromatic rings. The molecule has 2 N–H and O–H groups in total. The first-order valence-corrected chi connectivity index (χ1v) is 11.1. The number of halogens is 1. The predicted octanol–water partition coefficient (Wildman–Crippen LogP) is 5.15. The molecule has 0 saturated heterocycles. The number of thioether (sulfide) groups is 1. The maximum Gasteiger partial charge on any atom is 0.281 e. The normalized spacial score (nSPS) is 10.2. The Bertz CT molecular complexity index is 527. The van der Waals surface area contributed by atoms with Gasteiger partial charge in [0.25, 0.3) is 5.24 Å². The number of hydrogen-bond donors (Lipinski definition) is 2. The Kier molecular flexibility index (Phi) is 15.0. The van der Waals surface area contributed by atoms with E-state index in [1.807, 2.05) is 25.7 Å². The van der Waals surface area contributed by atoms with E-state index in [2.05, 4.69) is 46.4 Å². The lowest BCUT2D eigenvalue weighted by molar-refractivity contribution is 0.223. The lowest BCUT2D eigenvalue weighted by Gasteiger charge is -2.20. The second-order valence-electron chi connectivity index (χ2n) is 6.18. The van der Waals surface area contributed by atoms with Crippen molar-refractivity contribution in [3.63, 3.8) is 0 Å². The summed E-state index contributed by atoms with van der Waals surface area (Å²) in [7, 11) is 0. The van der Waals surface area contributed by atoms with Crippen LogP contribution in [0.4, 0.5) is 16.7 Å². The van der Waals surface area contributed by atoms with Crippen molar-refractivity contribution < 1.29 is 4.79 Å². The number of carbonyl (C=O) groups excluding carboxylic acids is 1. The molecular weight excluding hydrogens is 384 g/mol. The van der Waals surface area contributed by atoms with Gasteiger partial charge in [-0.2, -0.15) is 15.0 Å². The van der Waals surface area contributed by atoms with Crippen LogP contribution in [0.1, 0.15) is 60.8 Å². The van der Waals surface area contributed by atoms with Crippen molar-refractivity contribution in [1.82, 2.24) is 19.9 Å². The maximum atomic E-state index is 11.6. The van der Waals surface area contributed by atoms with Gasteiger partial charge in [-0.05, 0) is 51.6 Å². The van der Waals surface area contributed by atoms with Crippen molar-refractivity contribution >= 4 is 40.5 Å². The van der Waals surface area contributed by atoms with E-state index in [9.17, 15) is 4.79 Å². The van der Waals surface area contributed by atoms with E-state index >= 15 is 0 Å². The van der Waals surface area contributed by atoms with Gasteiger partial charge in [-0.15, -0.1) is 0 Å². The molecule has 0 aliphatic rings. The van der Waals surface area contributed by atoms with E-state index in [0.717, 1.165) is 44.6 Å². The average molecular weight is 419 g/mol. The van der Waals surface area contributed by atoms with Gasteiger partial charge in [-0.3, -0.25) is 4.79 Å². The van der Waals surface area contributed by atoms with Crippen molar-refractivity contribution in [3.8, 4) is 0 Å². The highest BCUT2D eigenvalue weighted by atomic mass is 35.5. The van der Waals surface area contributed by atoms with Crippen LogP contribution in [0.15, 0.2) is 0 Å². The van der Waals surface area contributed by atoms with Crippen LogP contribution in [0.25, 0.3) is 0 Å². The SMILES string of the molecule is CCCSC(=O)N(CCC)CCC.CCNc1nc(Cl)nc(NC(C)C)n1. The van der Waals surface area contributed by atoms with Gasteiger partial charge in [0, 0.05) is 31.4 Å². The number of anilines is 2. The summed E-state index contributed by atoms with van der Waals surface area (Å²) >= 11 is 7.18. The third kappa shape index (κ3) is 12.7. The Hall–Kier alpha value is -1.28. The molecule has 0 atom stereocenters. The number of nitrogens with one attached hydrogen (secondary N) is 2. The number of aromatic nitrogens is 3. The van der Waals surface area contributed by atoms with Crippen LogP contribution in [-0.4, -0.2) is 56.5 Å². The summed E-state index contributed by atoms with van der Waals surface area (Å²) in [4.78, 5) is 25.5. The Morgan fingerprint density at radius 2 is 1.63 bits per heavy atom.